The van der Waals surface area contributed by atoms with Gasteiger partial charge in [0.1, 0.15) is 23.4 Å². The van der Waals surface area contributed by atoms with Gasteiger partial charge in [-0.3, -0.25) is 0 Å². The minimum atomic E-state index is -0.585. The van der Waals surface area contributed by atoms with Crippen molar-refractivity contribution in [2.24, 2.45) is 0 Å². The van der Waals surface area contributed by atoms with Crippen molar-refractivity contribution in [3.63, 3.8) is 0 Å². The summed E-state index contributed by atoms with van der Waals surface area (Å²) in [6, 6.07) is 3.92. The summed E-state index contributed by atoms with van der Waals surface area (Å²) in [5.74, 6) is 4.00. The van der Waals surface area contributed by atoms with E-state index in [0.29, 0.717) is 6.29 Å². The third-order valence-electron chi connectivity index (χ3n) is 1.39. The maximum absolute atomic E-state index is 12.9. The number of hydrogen-bond acceptors (Lipinski definition) is 2. The molecule has 13 heavy (non-hydrogen) atoms. The summed E-state index contributed by atoms with van der Waals surface area (Å²) in [4.78, 5) is 9.91. The van der Waals surface area contributed by atoms with E-state index in [2.05, 4.69) is 11.8 Å². The number of benzene rings is 1. The number of aromatic hydroxyl groups is 1. The van der Waals surface area contributed by atoms with Gasteiger partial charge in [-0.25, -0.2) is 4.39 Å². The number of aldehydes is 1. The fraction of sp³-hybridized carbons (Fsp3) is 0.100. The van der Waals surface area contributed by atoms with E-state index < -0.39 is 5.82 Å². The van der Waals surface area contributed by atoms with Crippen molar-refractivity contribution in [3.8, 4) is 17.6 Å². The number of rotatable bonds is 1. The number of carbonyl (C=O) groups is 1. The predicted molar refractivity (Wildman–Crippen MR) is 45.6 cm³/mol. The first-order valence-electron chi connectivity index (χ1n) is 3.65. The van der Waals surface area contributed by atoms with Crippen molar-refractivity contribution < 1.29 is 14.3 Å². The summed E-state index contributed by atoms with van der Waals surface area (Å²) < 4.78 is 12.9. The second-order valence-electron chi connectivity index (χ2n) is 2.31. The highest BCUT2D eigenvalue weighted by Gasteiger charge is 2.02. The van der Waals surface area contributed by atoms with Crippen LogP contribution in [0.4, 0.5) is 4.39 Å². The molecule has 1 aromatic carbocycles. The van der Waals surface area contributed by atoms with Crippen molar-refractivity contribution in [2.75, 3.05) is 0 Å². The van der Waals surface area contributed by atoms with Gasteiger partial charge < -0.3 is 9.90 Å². The summed E-state index contributed by atoms with van der Waals surface area (Å²) in [5.41, 5.74) is -0.0654. The molecule has 0 atom stereocenters. The Balaban J connectivity index is 3.01. The van der Waals surface area contributed by atoms with Crippen LogP contribution in [0.3, 0.4) is 0 Å². The van der Waals surface area contributed by atoms with Crippen LogP contribution in [0.5, 0.6) is 5.75 Å². The number of hydrogen-bond donors (Lipinski definition) is 1. The quantitative estimate of drug-likeness (QED) is 0.522. The summed E-state index contributed by atoms with van der Waals surface area (Å²) in [7, 11) is 0. The molecular weight excluding hydrogens is 171 g/mol. The number of phenols is 1. The first kappa shape index (κ1) is 9.27. The zero-order valence-electron chi connectivity index (χ0n) is 6.75. The van der Waals surface area contributed by atoms with Gasteiger partial charge in [0.05, 0.1) is 6.42 Å². The second kappa shape index (κ2) is 4.27. The van der Waals surface area contributed by atoms with E-state index in [4.69, 9.17) is 5.11 Å². The molecule has 1 aromatic rings. The molecule has 0 aromatic heterocycles. The molecule has 1 rings (SSSR count). The third-order valence-corrected chi connectivity index (χ3v) is 1.39. The van der Waals surface area contributed by atoms with Crippen LogP contribution in [0.1, 0.15) is 12.0 Å². The molecular formula is C10H7FO2. The molecule has 0 heterocycles. The fourth-order valence-corrected chi connectivity index (χ4v) is 0.818. The van der Waals surface area contributed by atoms with Crippen LogP contribution in [0.2, 0.25) is 0 Å². The maximum atomic E-state index is 12.9. The van der Waals surface area contributed by atoms with Gasteiger partial charge in [-0.15, -0.1) is 0 Å². The normalized spacial score (nSPS) is 8.69. The Morgan fingerprint density at radius 2 is 2.31 bits per heavy atom. The molecule has 0 saturated carbocycles. The highest BCUT2D eigenvalue weighted by atomic mass is 19.1. The first-order chi connectivity index (χ1) is 6.25. The summed E-state index contributed by atoms with van der Waals surface area (Å²) in [6.45, 7) is 0. The Hall–Kier alpha value is -1.82. The summed E-state index contributed by atoms with van der Waals surface area (Å²) in [6.07, 6.45) is 0.651. The van der Waals surface area contributed by atoms with Gasteiger partial charge in [0.25, 0.3) is 0 Å². The molecule has 0 aliphatic carbocycles. The predicted octanol–water partition coefficient (Wildman–Crippen LogP) is 1.47. The monoisotopic (exact) mass is 178 g/mol. The molecule has 66 valence electrons. The largest absolute Gasteiger partial charge is 0.507 e. The highest BCUT2D eigenvalue weighted by Crippen LogP contribution is 2.17. The van der Waals surface area contributed by atoms with Crippen molar-refractivity contribution in [2.45, 2.75) is 6.42 Å². The second-order valence-corrected chi connectivity index (χ2v) is 2.31. The molecule has 0 spiro atoms. The van der Waals surface area contributed by atoms with Gasteiger partial charge >= 0.3 is 0 Å². The maximum Gasteiger partial charge on any atom is 0.142 e. The van der Waals surface area contributed by atoms with Crippen molar-refractivity contribution >= 4 is 6.29 Å². The zero-order chi connectivity index (χ0) is 9.68. The number of carbonyl (C=O) groups excluding carboxylic acids is 1. The van der Waals surface area contributed by atoms with Crippen LogP contribution in [0.25, 0.3) is 0 Å². The third kappa shape index (κ3) is 2.31. The van der Waals surface area contributed by atoms with Gasteiger partial charge in [-0.2, -0.15) is 0 Å². The Kier molecular flexibility index (Phi) is 3.04. The number of phenolic OH excluding ortho intramolecular Hbond substituents is 1. The van der Waals surface area contributed by atoms with Gasteiger partial charge in [0.15, 0.2) is 0 Å². The van der Waals surface area contributed by atoms with Crippen LogP contribution >= 0.6 is 0 Å². The first-order valence-corrected chi connectivity index (χ1v) is 3.65. The van der Waals surface area contributed by atoms with E-state index in [1.54, 1.807) is 0 Å². The van der Waals surface area contributed by atoms with E-state index in [1.165, 1.54) is 18.2 Å². The standard InChI is InChI=1S/C10H7FO2/c11-9-5-3-6-10(13)8(9)4-1-2-7-12/h3,5-7,13H,2H2. The van der Waals surface area contributed by atoms with Gasteiger partial charge in [0, 0.05) is 0 Å². The molecule has 0 radical (unpaired) electrons. The Morgan fingerprint density at radius 1 is 1.54 bits per heavy atom. The highest BCUT2D eigenvalue weighted by molar-refractivity contribution is 5.56. The van der Waals surface area contributed by atoms with Gasteiger partial charge in [-0.05, 0) is 12.1 Å². The van der Waals surface area contributed by atoms with E-state index in [1.807, 2.05) is 0 Å². The molecule has 2 nitrogen and oxygen atoms in total. The molecule has 1 N–H and O–H groups in total. The lowest BCUT2D eigenvalue weighted by Gasteiger charge is -1.96. The lowest BCUT2D eigenvalue weighted by atomic mass is 10.2. The Labute approximate surface area is 75.0 Å². The molecule has 0 aliphatic rings. The van der Waals surface area contributed by atoms with E-state index in [0.717, 1.165) is 0 Å². The topological polar surface area (TPSA) is 37.3 Å². The van der Waals surface area contributed by atoms with Crippen molar-refractivity contribution in [1.82, 2.24) is 0 Å². The Morgan fingerprint density at radius 3 is 2.92 bits per heavy atom. The lowest BCUT2D eigenvalue weighted by Crippen LogP contribution is -1.83. The lowest BCUT2D eigenvalue weighted by molar-refractivity contribution is -0.107. The van der Waals surface area contributed by atoms with Gasteiger partial charge in [-0.1, -0.05) is 17.9 Å². The smallest absolute Gasteiger partial charge is 0.142 e. The SMILES string of the molecule is O=CCC#Cc1c(O)cccc1F. The molecule has 0 saturated heterocycles. The van der Waals surface area contributed by atoms with E-state index >= 15 is 0 Å². The van der Waals surface area contributed by atoms with Crippen LogP contribution in [0, 0.1) is 17.7 Å². The average Bonchev–Trinajstić information content (AvgIpc) is 2.10. The van der Waals surface area contributed by atoms with Crippen LogP contribution in [0.15, 0.2) is 18.2 Å². The van der Waals surface area contributed by atoms with Crippen molar-refractivity contribution in [1.29, 1.82) is 0 Å². The van der Waals surface area contributed by atoms with Crippen LogP contribution < -0.4 is 0 Å². The zero-order valence-corrected chi connectivity index (χ0v) is 6.75. The van der Waals surface area contributed by atoms with Crippen molar-refractivity contribution in [3.05, 3.63) is 29.6 Å². The van der Waals surface area contributed by atoms with Gasteiger partial charge in [0.2, 0.25) is 0 Å². The van der Waals surface area contributed by atoms with Crippen LogP contribution in [-0.4, -0.2) is 11.4 Å². The van der Waals surface area contributed by atoms with E-state index in [-0.39, 0.29) is 17.7 Å². The Bertz CT molecular complexity index is 354. The molecule has 0 unspecified atom stereocenters. The average molecular weight is 178 g/mol. The molecule has 0 fully saturated rings. The molecule has 0 bridgehead atoms. The molecule has 0 amide bonds. The molecule has 0 aliphatic heterocycles. The summed E-state index contributed by atoms with van der Waals surface area (Å²) >= 11 is 0. The summed E-state index contributed by atoms with van der Waals surface area (Å²) in [5, 5.41) is 9.16. The fourth-order valence-electron chi connectivity index (χ4n) is 0.818. The minimum Gasteiger partial charge on any atom is -0.507 e. The number of halogens is 1. The van der Waals surface area contributed by atoms with E-state index in [9.17, 15) is 9.18 Å². The minimum absolute atomic E-state index is 0.0355. The molecule has 3 heteroatoms. The van der Waals surface area contributed by atoms with Crippen LogP contribution in [-0.2, 0) is 4.79 Å².